The number of amides is 1. The first kappa shape index (κ1) is 15.0. The maximum atomic E-state index is 12.1. The summed E-state index contributed by atoms with van der Waals surface area (Å²) in [6, 6.07) is 0. The van der Waals surface area contributed by atoms with E-state index in [-0.39, 0.29) is 22.6 Å². The molecule has 1 aliphatic rings. The number of anilines is 1. The maximum Gasteiger partial charge on any atom is 0.347 e. The number of rotatable bonds is 4. The van der Waals surface area contributed by atoms with E-state index in [4.69, 9.17) is 5.11 Å². The average Bonchev–Trinajstić information content (AvgIpc) is 2.84. The van der Waals surface area contributed by atoms with Gasteiger partial charge < -0.3 is 10.4 Å². The number of aromatic nitrogens is 1. The number of thiazole rings is 1. The van der Waals surface area contributed by atoms with Gasteiger partial charge in [-0.1, -0.05) is 44.4 Å². The molecule has 0 radical (unpaired) electrons. The van der Waals surface area contributed by atoms with Gasteiger partial charge >= 0.3 is 5.97 Å². The Hall–Kier alpha value is -1.43. The first-order valence-electron chi connectivity index (χ1n) is 7.04. The van der Waals surface area contributed by atoms with Crippen LogP contribution in [0.5, 0.6) is 0 Å². The number of nitrogens with one attached hydrogen (secondary N) is 1. The minimum absolute atomic E-state index is 0.0225. The summed E-state index contributed by atoms with van der Waals surface area (Å²) in [5.74, 6) is -0.934. The predicted octanol–water partition coefficient (Wildman–Crippen LogP) is 3.48. The van der Waals surface area contributed by atoms with Gasteiger partial charge in [-0.15, -0.1) is 0 Å². The van der Waals surface area contributed by atoms with E-state index in [2.05, 4.69) is 10.3 Å². The van der Waals surface area contributed by atoms with Gasteiger partial charge in [0.25, 0.3) is 0 Å². The SMILES string of the molecule is CC(C)c1nc(NC(=O)C2CCCCC2)sc1C(=O)O. The second-order valence-corrected chi connectivity index (χ2v) is 6.52. The van der Waals surface area contributed by atoms with Crippen molar-refractivity contribution in [3.63, 3.8) is 0 Å². The quantitative estimate of drug-likeness (QED) is 0.891. The fraction of sp³-hybridized carbons (Fsp3) is 0.643. The molecule has 1 aromatic heterocycles. The molecule has 0 atom stereocenters. The molecule has 1 amide bonds. The largest absolute Gasteiger partial charge is 0.477 e. The van der Waals surface area contributed by atoms with Crippen LogP contribution in [0, 0.1) is 5.92 Å². The highest BCUT2D eigenvalue weighted by atomic mass is 32.1. The van der Waals surface area contributed by atoms with Crippen LogP contribution in [0.4, 0.5) is 5.13 Å². The third-order valence-corrected chi connectivity index (χ3v) is 4.58. The lowest BCUT2D eigenvalue weighted by Crippen LogP contribution is -2.24. The van der Waals surface area contributed by atoms with Crippen molar-refractivity contribution < 1.29 is 14.7 Å². The Morgan fingerprint density at radius 2 is 1.95 bits per heavy atom. The van der Waals surface area contributed by atoms with Gasteiger partial charge in [-0.05, 0) is 18.8 Å². The Morgan fingerprint density at radius 3 is 2.45 bits per heavy atom. The molecule has 2 rings (SSSR count). The average molecular weight is 296 g/mol. The number of aromatic carboxylic acids is 1. The van der Waals surface area contributed by atoms with Crippen LogP contribution in [0.2, 0.25) is 0 Å². The Bertz CT molecular complexity index is 505. The predicted molar refractivity (Wildman–Crippen MR) is 78.4 cm³/mol. The number of carbonyl (C=O) groups excluding carboxylic acids is 1. The van der Waals surface area contributed by atoms with Gasteiger partial charge in [0.1, 0.15) is 4.88 Å². The normalized spacial score (nSPS) is 16.4. The maximum absolute atomic E-state index is 12.1. The lowest BCUT2D eigenvalue weighted by molar-refractivity contribution is -0.120. The van der Waals surface area contributed by atoms with Crippen LogP contribution in [0.25, 0.3) is 0 Å². The lowest BCUT2D eigenvalue weighted by Gasteiger charge is -2.19. The molecule has 2 N–H and O–H groups in total. The standard InChI is InChI=1S/C14H20N2O3S/c1-8(2)10-11(13(18)19)20-14(15-10)16-12(17)9-6-4-3-5-7-9/h8-9H,3-7H2,1-2H3,(H,18,19)(H,15,16,17). The lowest BCUT2D eigenvalue weighted by atomic mass is 9.89. The number of carbonyl (C=O) groups is 2. The van der Waals surface area contributed by atoms with Crippen molar-refractivity contribution in [1.29, 1.82) is 0 Å². The second kappa shape index (κ2) is 6.35. The molecule has 20 heavy (non-hydrogen) atoms. The van der Waals surface area contributed by atoms with E-state index in [1.165, 1.54) is 6.42 Å². The fourth-order valence-corrected chi connectivity index (χ4v) is 3.46. The highest BCUT2D eigenvalue weighted by Gasteiger charge is 2.24. The molecule has 0 aromatic carbocycles. The van der Waals surface area contributed by atoms with E-state index >= 15 is 0 Å². The van der Waals surface area contributed by atoms with Crippen LogP contribution >= 0.6 is 11.3 Å². The molecule has 1 heterocycles. The molecular weight excluding hydrogens is 276 g/mol. The van der Waals surface area contributed by atoms with Crippen molar-refractivity contribution in [2.24, 2.45) is 5.92 Å². The zero-order chi connectivity index (χ0) is 14.7. The zero-order valence-electron chi connectivity index (χ0n) is 11.8. The molecule has 1 aromatic rings. The van der Waals surface area contributed by atoms with Gasteiger partial charge in [-0.2, -0.15) is 0 Å². The minimum Gasteiger partial charge on any atom is -0.477 e. The van der Waals surface area contributed by atoms with E-state index < -0.39 is 5.97 Å². The molecule has 1 aliphatic carbocycles. The number of carboxylic acids is 1. The van der Waals surface area contributed by atoms with Crippen molar-refractivity contribution in [3.8, 4) is 0 Å². The molecular formula is C14H20N2O3S. The summed E-state index contributed by atoms with van der Waals surface area (Å²) in [6.45, 7) is 3.79. The summed E-state index contributed by atoms with van der Waals surface area (Å²) in [7, 11) is 0. The molecule has 0 aliphatic heterocycles. The van der Waals surface area contributed by atoms with Gasteiger partial charge in [0.2, 0.25) is 5.91 Å². The van der Waals surface area contributed by atoms with Crippen LogP contribution < -0.4 is 5.32 Å². The second-order valence-electron chi connectivity index (χ2n) is 5.52. The number of hydrogen-bond acceptors (Lipinski definition) is 4. The van der Waals surface area contributed by atoms with E-state index in [1.807, 2.05) is 13.8 Å². The molecule has 1 fully saturated rings. The number of carboxylic acid groups (broad SMARTS) is 1. The van der Waals surface area contributed by atoms with Gasteiger partial charge in [-0.3, -0.25) is 4.79 Å². The van der Waals surface area contributed by atoms with Gasteiger partial charge in [0.05, 0.1) is 5.69 Å². The summed E-state index contributed by atoms with van der Waals surface area (Å²) in [6.07, 6.45) is 5.21. The summed E-state index contributed by atoms with van der Waals surface area (Å²) in [4.78, 5) is 27.8. The number of nitrogens with zero attached hydrogens (tertiary/aromatic N) is 1. The first-order chi connectivity index (χ1) is 9.49. The molecule has 0 spiro atoms. The molecule has 5 nitrogen and oxygen atoms in total. The van der Waals surface area contributed by atoms with Crippen molar-refractivity contribution in [2.75, 3.05) is 5.32 Å². The van der Waals surface area contributed by atoms with E-state index in [9.17, 15) is 9.59 Å². The van der Waals surface area contributed by atoms with E-state index in [0.29, 0.717) is 10.8 Å². The third kappa shape index (κ3) is 3.36. The van der Waals surface area contributed by atoms with Crippen LogP contribution in [0.15, 0.2) is 0 Å². The number of hydrogen-bond donors (Lipinski definition) is 2. The summed E-state index contributed by atoms with van der Waals surface area (Å²) in [5, 5.41) is 12.4. The van der Waals surface area contributed by atoms with Crippen LogP contribution in [0.1, 0.15) is 67.2 Å². The molecule has 110 valence electrons. The van der Waals surface area contributed by atoms with Crippen molar-refractivity contribution in [1.82, 2.24) is 4.98 Å². The highest BCUT2D eigenvalue weighted by Crippen LogP contribution is 2.30. The van der Waals surface area contributed by atoms with Gasteiger partial charge in [-0.25, -0.2) is 9.78 Å². The first-order valence-corrected chi connectivity index (χ1v) is 7.85. The van der Waals surface area contributed by atoms with E-state index in [1.54, 1.807) is 0 Å². The Morgan fingerprint density at radius 1 is 1.30 bits per heavy atom. The van der Waals surface area contributed by atoms with Gasteiger partial charge in [0, 0.05) is 5.92 Å². The van der Waals surface area contributed by atoms with Crippen molar-refractivity contribution in [3.05, 3.63) is 10.6 Å². The molecule has 6 heteroatoms. The Balaban J connectivity index is 2.11. The topological polar surface area (TPSA) is 79.3 Å². The molecule has 0 bridgehead atoms. The third-order valence-electron chi connectivity index (χ3n) is 3.60. The summed E-state index contributed by atoms with van der Waals surface area (Å²) in [5.41, 5.74) is 0.543. The summed E-state index contributed by atoms with van der Waals surface area (Å²) < 4.78 is 0. The van der Waals surface area contributed by atoms with Crippen molar-refractivity contribution >= 4 is 28.3 Å². The fourth-order valence-electron chi connectivity index (χ4n) is 2.50. The van der Waals surface area contributed by atoms with Crippen LogP contribution in [-0.4, -0.2) is 22.0 Å². The van der Waals surface area contributed by atoms with E-state index in [0.717, 1.165) is 37.0 Å². The Labute approximate surface area is 122 Å². The summed E-state index contributed by atoms with van der Waals surface area (Å²) >= 11 is 1.05. The zero-order valence-corrected chi connectivity index (χ0v) is 12.6. The molecule has 0 saturated heterocycles. The van der Waals surface area contributed by atoms with Crippen molar-refractivity contribution in [2.45, 2.75) is 51.9 Å². The molecule has 1 saturated carbocycles. The van der Waals surface area contributed by atoms with Crippen LogP contribution in [-0.2, 0) is 4.79 Å². The highest BCUT2D eigenvalue weighted by molar-refractivity contribution is 7.17. The smallest absolute Gasteiger partial charge is 0.347 e. The molecule has 0 unspecified atom stereocenters. The Kier molecular flexibility index (Phi) is 4.75. The van der Waals surface area contributed by atoms with Crippen LogP contribution in [0.3, 0.4) is 0 Å². The monoisotopic (exact) mass is 296 g/mol. The van der Waals surface area contributed by atoms with Gasteiger partial charge in [0.15, 0.2) is 5.13 Å². The minimum atomic E-state index is -0.982.